The molecule has 2 heterocycles. The fraction of sp³-hybridized carbons (Fsp3) is 0.667. The van der Waals surface area contributed by atoms with E-state index in [1.54, 1.807) is 24.3 Å². The van der Waals surface area contributed by atoms with E-state index in [-0.39, 0.29) is 32.7 Å². The van der Waals surface area contributed by atoms with Crippen LogP contribution in [0.3, 0.4) is 0 Å². The maximum Gasteiger partial charge on any atom is 0.266 e. The SMILES string of the molecule is CCCCCCCCCCCCc1cc(N2C(=O)c3ccc4c5c(F)cc6c7c(cc(F)c(c8ccc(c3c48)C2=O)c75)C(=O)N(c2cc(CCCCCCCCCCCC)c(CCCCCCCCCCCC)c(CCCCCCCCCCCC)c2)C6=O)cc(CCCCCCCCCCCC)c1CCCCCCCCCCCC. The highest BCUT2D eigenvalue weighted by Gasteiger charge is 2.41. The second kappa shape index (κ2) is 53.6. The molecule has 7 aromatic rings. The molecule has 0 N–H and O–H groups in total. The largest absolute Gasteiger partial charge is 0.268 e. The first-order chi connectivity index (χ1) is 57.0. The van der Waals surface area contributed by atoms with Gasteiger partial charge in [-0.05, 0) is 175 Å². The van der Waals surface area contributed by atoms with Gasteiger partial charge in [0.1, 0.15) is 11.6 Å². The second-order valence-corrected chi connectivity index (χ2v) is 36.4. The number of anilines is 2. The Labute approximate surface area is 704 Å². The number of aryl methyl sites for hydroxylation is 4. The number of unbranched alkanes of at least 4 members (excludes halogenated alkanes) is 54. The molecule has 9 rings (SSSR count). The number of hydrogen-bond acceptors (Lipinski definition) is 4. The summed E-state index contributed by atoms with van der Waals surface area (Å²) < 4.78 is 36.3. The summed E-state index contributed by atoms with van der Waals surface area (Å²) in [6.07, 6.45) is 80.4. The number of rotatable bonds is 68. The molecule has 0 radical (unpaired) electrons. The van der Waals surface area contributed by atoms with Gasteiger partial charge in [0.05, 0.1) is 22.5 Å². The summed E-state index contributed by atoms with van der Waals surface area (Å²) in [7, 11) is 0. The van der Waals surface area contributed by atoms with Crippen molar-refractivity contribution in [3.8, 4) is 0 Å². The van der Waals surface area contributed by atoms with Crippen molar-refractivity contribution in [1.29, 1.82) is 0 Å². The molecule has 0 bridgehead atoms. The highest BCUT2D eigenvalue weighted by molar-refractivity contribution is 6.45. The molecule has 116 heavy (non-hydrogen) atoms. The van der Waals surface area contributed by atoms with Gasteiger partial charge in [0.15, 0.2) is 0 Å². The Kier molecular flexibility index (Phi) is 43.4. The van der Waals surface area contributed by atoms with Crippen LogP contribution in [-0.2, 0) is 38.5 Å². The first-order valence-electron chi connectivity index (χ1n) is 49.7. The fourth-order valence-electron chi connectivity index (χ4n) is 20.0. The average molecular weight is 1590 g/mol. The van der Waals surface area contributed by atoms with Crippen LogP contribution in [0.25, 0.3) is 43.1 Å². The molecule has 7 aromatic carbocycles. The molecule has 0 unspecified atom stereocenters. The number of fused-ring (bicyclic) bond motifs is 2. The van der Waals surface area contributed by atoms with Gasteiger partial charge in [-0.1, -0.05) is 400 Å². The molecule has 6 nitrogen and oxygen atoms in total. The zero-order valence-corrected chi connectivity index (χ0v) is 74.7. The third-order valence-corrected chi connectivity index (χ3v) is 26.9. The van der Waals surface area contributed by atoms with Crippen molar-refractivity contribution in [1.82, 2.24) is 0 Å². The maximum absolute atomic E-state index is 18.1. The predicted octanol–water partition coefficient (Wildman–Crippen LogP) is 34.4. The predicted molar refractivity (Wildman–Crippen MR) is 496 cm³/mol. The van der Waals surface area contributed by atoms with Crippen molar-refractivity contribution in [2.75, 3.05) is 9.80 Å². The van der Waals surface area contributed by atoms with Gasteiger partial charge in [0.2, 0.25) is 0 Å². The van der Waals surface area contributed by atoms with Crippen molar-refractivity contribution >= 4 is 78.1 Å². The Balaban J connectivity index is 1.04. The lowest BCUT2D eigenvalue weighted by atomic mass is 9.81. The lowest BCUT2D eigenvalue weighted by Gasteiger charge is -2.31. The van der Waals surface area contributed by atoms with E-state index in [1.165, 1.54) is 376 Å². The molecule has 2 aliphatic rings. The number of carbonyl (C=O) groups excluding carboxylic acids is 4. The van der Waals surface area contributed by atoms with Crippen LogP contribution < -0.4 is 9.80 Å². The van der Waals surface area contributed by atoms with Crippen LogP contribution in [0.5, 0.6) is 0 Å². The van der Waals surface area contributed by atoms with E-state index in [4.69, 9.17) is 0 Å². The summed E-state index contributed by atoms with van der Waals surface area (Å²) >= 11 is 0. The van der Waals surface area contributed by atoms with Gasteiger partial charge in [-0.2, -0.15) is 0 Å². The molecular weight excluding hydrogens is 1430 g/mol. The average Bonchev–Trinajstić information content (AvgIpc) is 0.681. The summed E-state index contributed by atoms with van der Waals surface area (Å²) in [5, 5.41) is 2.21. The van der Waals surface area contributed by atoms with Gasteiger partial charge in [-0.3, -0.25) is 19.2 Å². The number of benzene rings is 7. The van der Waals surface area contributed by atoms with Crippen LogP contribution in [0.15, 0.2) is 60.7 Å². The normalized spacial score (nSPS) is 13.1. The molecule has 0 atom stereocenters. The molecule has 0 aliphatic carbocycles. The Morgan fingerprint density at radius 1 is 0.207 bits per heavy atom. The Hall–Kier alpha value is -6.02. The Morgan fingerprint density at radius 3 is 0.638 bits per heavy atom. The van der Waals surface area contributed by atoms with E-state index in [0.717, 1.165) is 103 Å². The lowest BCUT2D eigenvalue weighted by molar-refractivity contribution is 0.0877. The van der Waals surface area contributed by atoms with Crippen LogP contribution in [0, 0.1) is 11.6 Å². The summed E-state index contributed by atoms with van der Waals surface area (Å²) in [5.74, 6) is -3.54. The topological polar surface area (TPSA) is 74.8 Å². The third-order valence-electron chi connectivity index (χ3n) is 26.9. The molecular formula is C108H160F2N2O4. The molecule has 0 saturated carbocycles. The zero-order chi connectivity index (χ0) is 81.9. The smallest absolute Gasteiger partial charge is 0.266 e. The van der Waals surface area contributed by atoms with E-state index < -0.39 is 35.3 Å². The standard InChI is InChI=1S/C108H160F2N2O4/c1-7-13-19-25-31-37-43-49-55-61-67-83-77-87(78-84(68-62-56-50-44-38-32-26-20-14-8-2)89(83)71-65-59-53-47-41-35-29-23-17-11-5)111-105(113)93-75-73-91-99-92(74-76-94(100(93)99)106(111)114)103-98(110)82-96-101-95(81-97(109)102(91)104(101)103)107(115)112(108(96)116)88-79-85(69-63-57-51-45-39-33-27-21-15-9-3)90(72-66-60-54-48-42-36-30-24-18-12-6)86(80-88)70-64-58-52-46-40-34-28-22-16-10-4/h73-82H,7-72H2,1-6H3. The van der Waals surface area contributed by atoms with E-state index in [2.05, 4.69) is 65.8 Å². The van der Waals surface area contributed by atoms with Crippen molar-refractivity contribution < 1.29 is 28.0 Å². The number of halogens is 2. The molecule has 0 spiro atoms. The number of hydrogen-bond donors (Lipinski definition) is 0. The van der Waals surface area contributed by atoms with Gasteiger partial charge in [0, 0.05) is 38.1 Å². The highest BCUT2D eigenvalue weighted by Crippen LogP contribution is 2.50. The first kappa shape index (κ1) is 93.8. The molecule has 0 fully saturated rings. The van der Waals surface area contributed by atoms with Crippen LogP contribution >= 0.6 is 0 Å². The van der Waals surface area contributed by atoms with Crippen molar-refractivity contribution in [2.45, 2.75) is 465 Å². The number of nitrogens with zero attached hydrogens (tertiary/aromatic N) is 2. The minimum absolute atomic E-state index is 0.0312. The van der Waals surface area contributed by atoms with Crippen LogP contribution in [0.2, 0.25) is 0 Å². The highest BCUT2D eigenvalue weighted by atomic mass is 19.1. The van der Waals surface area contributed by atoms with Gasteiger partial charge < -0.3 is 0 Å². The zero-order valence-electron chi connectivity index (χ0n) is 74.7. The Bertz CT molecular complexity index is 3850. The van der Waals surface area contributed by atoms with Crippen molar-refractivity contribution in [2.24, 2.45) is 0 Å². The third kappa shape index (κ3) is 27.5. The minimum Gasteiger partial charge on any atom is -0.268 e. The van der Waals surface area contributed by atoms with E-state index in [9.17, 15) is 0 Å². The molecule has 640 valence electrons. The van der Waals surface area contributed by atoms with E-state index in [1.807, 2.05) is 0 Å². The van der Waals surface area contributed by atoms with Gasteiger partial charge >= 0.3 is 0 Å². The Morgan fingerprint density at radius 2 is 0.405 bits per heavy atom. The van der Waals surface area contributed by atoms with Crippen LogP contribution in [0.1, 0.15) is 502 Å². The number of imide groups is 2. The summed E-state index contributed by atoms with van der Waals surface area (Å²) in [6.45, 7) is 13.7. The van der Waals surface area contributed by atoms with Crippen molar-refractivity contribution in [3.05, 3.63) is 128 Å². The molecule has 8 heteroatoms. The number of carbonyl (C=O) groups is 4. The molecule has 0 aromatic heterocycles. The van der Waals surface area contributed by atoms with Gasteiger partial charge in [0.25, 0.3) is 23.6 Å². The summed E-state index contributed by atoms with van der Waals surface area (Å²) in [4.78, 5) is 65.7. The summed E-state index contributed by atoms with van der Waals surface area (Å²) in [5.41, 5.74) is 9.51. The van der Waals surface area contributed by atoms with Gasteiger partial charge in [-0.15, -0.1) is 0 Å². The minimum atomic E-state index is -0.715. The van der Waals surface area contributed by atoms with Crippen LogP contribution in [-0.4, -0.2) is 23.6 Å². The maximum atomic E-state index is 18.1. The van der Waals surface area contributed by atoms with Crippen LogP contribution in [0.4, 0.5) is 20.2 Å². The second-order valence-electron chi connectivity index (χ2n) is 36.4. The fourth-order valence-corrected chi connectivity index (χ4v) is 20.0. The quantitative estimate of drug-likeness (QED) is 0.0165. The molecule has 0 saturated heterocycles. The van der Waals surface area contributed by atoms with E-state index >= 15 is 28.0 Å². The first-order valence-corrected chi connectivity index (χ1v) is 49.7. The lowest BCUT2D eigenvalue weighted by Crippen LogP contribution is -2.41. The monoisotopic (exact) mass is 1590 g/mol. The number of amides is 4. The summed E-state index contributed by atoms with van der Waals surface area (Å²) in [6, 6.07) is 18.1. The van der Waals surface area contributed by atoms with Gasteiger partial charge in [-0.25, -0.2) is 18.6 Å². The molecule has 2 aliphatic heterocycles. The van der Waals surface area contributed by atoms with E-state index in [0.29, 0.717) is 44.0 Å². The van der Waals surface area contributed by atoms with Crippen molar-refractivity contribution in [3.63, 3.8) is 0 Å². The molecule has 4 amide bonds.